The van der Waals surface area contributed by atoms with Gasteiger partial charge in [0, 0.05) is 18.9 Å². The van der Waals surface area contributed by atoms with Gasteiger partial charge in [0.2, 0.25) is 5.91 Å². The number of carbonyl (C=O) groups excluding carboxylic acids is 1. The zero-order valence-electron chi connectivity index (χ0n) is 11.5. The van der Waals surface area contributed by atoms with Gasteiger partial charge in [-0.2, -0.15) is 0 Å². The summed E-state index contributed by atoms with van der Waals surface area (Å²) in [6.07, 6.45) is 4.57. The standard InChI is InChI=1S/C14H13Cl2N3O3/c15-8-4-10(16)13-17-9(7-18(13)6-8)5-12(20)19-3-1-2-11(19)14(21)22/h4,6-7,11H,1-3,5H2,(H,21,22)/t11-/m1/s1. The molecule has 0 aromatic carbocycles. The Bertz CT molecular complexity index is 759. The van der Waals surface area contributed by atoms with Crippen LogP contribution in [0, 0.1) is 0 Å². The normalized spacial score (nSPS) is 18.1. The van der Waals surface area contributed by atoms with Crippen molar-refractivity contribution in [2.24, 2.45) is 0 Å². The van der Waals surface area contributed by atoms with Crippen LogP contribution in [0.4, 0.5) is 0 Å². The second-order valence-corrected chi connectivity index (χ2v) is 6.07. The maximum absolute atomic E-state index is 12.3. The van der Waals surface area contributed by atoms with Gasteiger partial charge in [-0.1, -0.05) is 23.2 Å². The highest BCUT2D eigenvalue weighted by Crippen LogP contribution is 2.23. The summed E-state index contributed by atoms with van der Waals surface area (Å²) in [5, 5.41) is 10.0. The van der Waals surface area contributed by atoms with Crippen molar-refractivity contribution in [2.75, 3.05) is 6.54 Å². The van der Waals surface area contributed by atoms with Crippen molar-refractivity contribution in [1.29, 1.82) is 0 Å². The minimum atomic E-state index is -0.962. The van der Waals surface area contributed by atoms with E-state index in [0.717, 1.165) is 0 Å². The first-order valence-corrected chi connectivity index (χ1v) is 7.56. The molecule has 2 aromatic rings. The summed E-state index contributed by atoms with van der Waals surface area (Å²) in [6.45, 7) is 0.468. The zero-order valence-corrected chi connectivity index (χ0v) is 13.0. The third kappa shape index (κ3) is 2.76. The fraction of sp³-hybridized carbons (Fsp3) is 0.357. The molecular formula is C14H13Cl2N3O3. The summed E-state index contributed by atoms with van der Waals surface area (Å²) in [5.74, 6) is -1.20. The predicted molar refractivity (Wildman–Crippen MR) is 81.3 cm³/mol. The molecule has 22 heavy (non-hydrogen) atoms. The molecule has 1 N–H and O–H groups in total. The second kappa shape index (κ2) is 5.78. The predicted octanol–water partition coefficient (Wildman–Crippen LogP) is 2.26. The molecule has 1 fully saturated rings. The van der Waals surface area contributed by atoms with Crippen LogP contribution in [-0.4, -0.2) is 43.9 Å². The Kier molecular flexibility index (Phi) is 3.97. The molecule has 0 unspecified atom stereocenters. The number of aliphatic carboxylic acids is 1. The van der Waals surface area contributed by atoms with E-state index in [1.54, 1.807) is 22.9 Å². The maximum atomic E-state index is 12.3. The average Bonchev–Trinajstić information content (AvgIpc) is 3.04. The van der Waals surface area contributed by atoms with Gasteiger partial charge in [-0.15, -0.1) is 0 Å². The van der Waals surface area contributed by atoms with E-state index in [9.17, 15) is 9.59 Å². The molecule has 0 radical (unpaired) electrons. The van der Waals surface area contributed by atoms with E-state index in [-0.39, 0.29) is 12.3 Å². The summed E-state index contributed by atoms with van der Waals surface area (Å²) < 4.78 is 1.66. The fourth-order valence-corrected chi connectivity index (χ4v) is 3.27. The number of imidazole rings is 1. The number of rotatable bonds is 3. The zero-order chi connectivity index (χ0) is 15.9. The van der Waals surface area contributed by atoms with Gasteiger partial charge >= 0.3 is 5.97 Å². The van der Waals surface area contributed by atoms with Crippen LogP contribution >= 0.6 is 23.2 Å². The number of carboxylic acids is 1. The number of nitrogens with zero attached hydrogens (tertiary/aromatic N) is 3. The first-order valence-electron chi connectivity index (χ1n) is 6.80. The molecule has 0 aliphatic carbocycles. The monoisotopic (exact) mass is 341 g/mol. The van der Waals surface area contributed by atoms with Crippen molar-refractivity contribution in [3.63, 3.8) is 0 Å². The van der Waals surface area contributed by atoms with Crippen LogP contribution < -0.4 is 0 Å². The molecule has 0 spiro atoms. The number of carboxylic acid groups (broad SMARTS) is 1. The molecule has 1 atom stereocenters. The molecule has 1 saturated heterocycles. The van der Waals surface area contributed by atoms with Gasteiger partial charge in [-0.25, -0.2) is 9.78 Å². The Balaban J connectivity index is 1.82. The first-order chi connectivity index (χ1) is 10.5. The van der Waals surface area contributed by atoms with Crippen molar-refractivity contribution >= 4 is 40.7 Å². The lowest BCUT2D eigenvalue weighted by Gasteiger charge is -2.20. The smallest absolute Gasteiger partial charge is 0.326 e. The van der Waals surface area contributed by atoms with Crippen LogP contribution in [0.2, 0.25) is 10.0 Å². The van der Waals surface area contributed by atoms with Gasteiger partial charge in [-0.05, 0) is 18.9 Å². The molecular weight excluding hydrogens is 329 g/mol. The number of amides is 1. The fourth-order valence-electron chi connectivity index (χ4n) is 2.74. The van der Waals surface area contributed by atoms with Gasteiger partial charge in [0.05, 0.1) is 22.2 Å². The Labute approximate surface area is 136 Å². The highest BCUT2D eigenvalue weighted by atomic mass is 35.5. The van der Waals surface area contributed by atoms with E-state index in [0.29, 0.717) is 40.8 Å². The number of carbonyl (C=O) groups is 2. The molecule has 6 nitrogen and oxygen atoms in total. The Hall–Kier alpha value is -1.79. The van der Waals surface area contributed by atoms with E-state index in [4.69, 9.17) is 28.3 Å². The highest BCUT2D eigenvalue weighted by molar-refractivity contribution is 6.36. The molecule has 116 valence electrons. The quantitative estimate of drug-likeness (QED) is 0.928. The summed E-state index contributed by atoms with van der Waals surface area (Å²) in [6, 6.07) is 0.848. The Morgan fingerprint density at radius 2 is 2.14 bits per heavy atom. The SMILES string of the molecule is O=C(O)[C@H]1CCCN1C(=O)Cc1cn2cc(Cl)cc(Cl)c2n1. The van der Waals surface area contributed by atoms with E-state index in [1.165, 1.54) is 4.90 Å². The molecule has 2 aromatic heterocycles. The van der Waals surface area contributed by atoms with E-state index >= 15 is 0 Å². The summed E-state index contributed by atoms with van der Waals surface area (Å²) in [5.41, 5.74) is 1.05. The maximum Gasteiger partial charge on any atom is 0.326 e. The summed E-state index contributed by atoms with van der Waals surface area (Å²) in [4.78, 5) is 29.2. The number of likely N-dealkylation sites (tertiary alicyclic amines) is 1. The van der Waals surface area contributed by atoms with Gasteiger partial charge in [-0.3, -0.25) is 4.79 Å². The molecule has 3 heterocycles. The average molecular weight is 342 g/mol. The minimum absolute atomic E-state index is 0.0411. The topological polar surface area (TPSA) is 74.9 Å². The molecule has 1 aliphatic heterocycles. The Morgan fingerprint density at radius 3 is 2.86 bits per heavy atom. The van der Waals surface area contributed by atoms with E-state index < -0.39 is 12.0 Å². The van der Waals surface area contributed by atoms with E-state index in [2.05, 4.69) is 4.98 Å². The van der Waals surface area contributed by atoms with Crippen molar-refractivity contribution in [2.45, 2.75) is 25.3 Å². The largest absolute Gasteiger partial charge is 0.480 e. The first kappa shape index (κ1) is 15.1. The van der Waals surface area contributed by atoms with E-state index in [1.807, 2.05) is 0 Å². The number of hydrogen-bond acceptors (Lipinski definition) is 3. The second-order valence-electron chi connectivity index (χ2n) is 5.23. The van der Waals surface area contributed by atoms with Crippen LogP contribution in [-0.2, 0) is 16.0 Å². The molecule has 8 heteroatoms. The molecule has 1 amide bonds. The van der Waals surface area contributed by atoms with Crippen LogP contribution in [0.3, 0.4) is 0 Å². The van der Waals surface area contributed by atoms with Crippen LogP contribution in [0.25, 0.3) is 5.65 Å². The van der Waals surface area contributed by atoms with Crippen molar-refractivity contribution in [1.82, 2.24) is 14.3 Å². The molecule has 3 rings (SSSR count). The van der Waals surface area contributed by atoms with Crippen molar-refractivity contribution < 1.29 is 14.7 Å². The van der Waals surface area contributed by atoms with Gasteiger partial charge in [0.1, 0.15) is 6.04 Å². The molecule has 0 bridgehead atoms. The summed E-state index contributed by atoms with van der Waals surface area (Å²) in [7, 11) is 0. The number of pyridine rings is 1. The summed E-state index contributed by atoms with van der Waals surface area (Å²) >= 11 is 12.0. The Morgan fingerprint density at radius 1 is 1.36 bits per heavy atom. The van der Waals surface area contributed by atoms with Crippen LogP contribution in [0.5, 0.6) is 0 Å². The third-order valence-electron chi connectivity index (χ3n) is 3.71. The number of halogens is 2. The number of fused-ring (bicyclic) bond motifs is 1. The minimum Gasteiger partial charge on any atom is -0.480 e. The molecule has 0 saturated carbocycles. The lowest BCUT2D eigenvalue weighted by Crippen LogP contribution is -2.41. The lowest BCUT2D eigenvalue weighted by molar-refractivity contribution is -0.148. The van der Waals surface area contributed by atoms with Gasteiger partial charge < -0.3 is 14.4 Å². The highest BCUT2D eigenvalue weighted by Gasteiger charge is 2.33. The van der Waals surface area contributed by atoms with Crippen molar-refractivity contribution in [3.8, 4) is 0 Å². The van der Waals surface area contributed by atoms with Gasteiger partial charge in [0.15, 0.2) is 5.65 Å². The van der Waals surface area contributed by atoms with Crippen LogP contribution in [0.1, 0.15) is 18.5 Å². The van der Waals surface area contributed by atoms with Crippen LogP contribution in [0.15, 0.2) is 18.5 Å². The third-order valence-corrected chi connectivity index (χ3v) is 4.20. The van der Waals surface area contributed by atoms with Gasteiger partial charge in [0.25, 0.3) is 0 Å². The number of aromatic nitrogens is 2. The molecule has 1 aliphatic rings. The van der Waals surface area contributed by atoms with Crippen molar-refractivity contribution in [3.05, 3.63) is 34.2 Å². The number of hydrogen-bond donors (Lipinski definition) is 1. The lowest BCUT2D eigenvalue weighted by atomic mass is 10.2.